The molecule has 0 fully saturated rings. The number of hydrogen-bond donors (Lipinski definition) is 3. The van der Waals surface area contributed by atoms with E-state index in [4.69, 9.17) is 5.26 Å². The van der Waals surface area contributed by atoms with E-state index in [9.17, 15) is 9.18 Å². The van der Waals surface area contributed by atoms with Gasteiger partial charge in [-0.05, 0) is 68.8 Å². The van der Waals surface area contributed by atoms with Gasteiger partial charge in [0.1, 0.15) is 35.5 Å². The topological polar surface area (TPSA) is 132 Å². The number of benzene rings is 2. The van der Waals surface area contributed by atoms with E-state index in [1.165, 1.54) is 12.4 Å². The van der Waals surface area contributed by atoms with E-state index in [2.05, 4.69) is 41.6 Å². The smallest absolute Gasteiger partial charge is 0.181 e. The molecule has 0 saturated heterocycles. The van der Waals surface area contributed by atoms with Crippen LogP contribution in [-0.2, 0) is 5.41 Å². The highest BCUT2D eigenvalue weighted by atomic mass is 19.1. The van der Waals surface area contributed by atoms with Crippen LogP contribution in [0.2, 0.25) is 0 Å². The minimum Gasteiger partial charge on any atom is -0.386 e. The highest BCUT2D eigenvalue weighted by molar-refractivity contribution is 5.91. The Bertz CT molecular complexity index is 1670. The highest BCUT2D eigenvalue weighted by Gasteiger charge is 2.20. The minimum atomic E-state index is -0.538. The summed E-state index contributed by atoms with van der Waals surface area (Å²) >= 11 is 0. The largest absolute Gasteiger partial charge is 0.386 e. The van der Waals surface area contributed by atoms with Gasteiger partial charge in [-0.25, -0.2) is 24.3 Å². The summed E-state index contributed by atoms with van der Waals surface area (Å²) in [7, 11) is 1.67. The Morgan fingerprint density at radius 3 is 2.64 bits per heavy atom. The molecule has 0 unspecified atom stereocenters. The Morgan fingerprint density at radius 1 is 1.08 bits per heavy atom. The summed E-state index contributed by atoms with van der Waals surface area (Å²) < 4.78 is 13.7. The molecular weight excluding hydrogens is 495 g/mol. The van der Waals surface area contributed by atoms with Crippen LogP contribution in [0.3, 0.4) is 0 Å². The van der Waals surface area contributed by atoms with Gasteiger partial charge in [-0.3, -0.25) is 4.79 Å². The van der Waals surface area contributed by atoms with Gasteiger partial charge in [0, 0.05) is 30.1 Å². The zero-order valence-electron chi connectivity index (χ0n) is 22.0. The van der Waals surface area contributed by atoms with Crippen LogP contribution in [0.5, 0.6) is 0 Å². The monoisotopic (exact) mass is 522 g/mol. The fourth-order valence-electron chi connectivity index (χ4n) is 3.90. The number of H-pyrrole nitrogens is 1. The summed E-state index contributed by atoms with van der Waals surface area (Å²) in [6.07, 6.45) is 5.53. The minimum absolute atomic E-state index is 0.315. The Kier molecular flexibility index (Phi) is 7.91. The van der Waals surface area contributed by atoms with E-state index < -0.39 is 5.41 Å². The summed E-state index contributed by atoms with van der Waals surface area (Å²) in [5.41, 5.74) is 5.89. The lowest BCUT2D eigenvalue weighted by Crippen LogP contribution is -2.14. The average Bonchev–Trinajstić information content (AvgIpc) is 3.44. The normalized spacial score (nSPS) is 10.8. The lowest BCUT2D eigenvalue weighted by Gasteiger charge is -2.16. The zero-order valence-corrected chi connectivity index (χ0v) is 22.0. The fourth-order valence-corrected chi connectivity index (χ4v) is 3.90. The number of aldehydes is 1. The van der Waals surface area contributed by atoms with Crippen LogP contribution in [0, 0.1) is 24.1 Å². The second-order valence-corrected chi connectivity index (χ2v) is 9.28. The average molecular weight is 523 g/mol. The van der Waals surface area contributed by atoms with E-state index in [0.717, 1.165) is 28.5 Å². The number of aromatic amines is 1. The maximum atomic E-state index is 13.7. The fraction of sp³-hybridized carbons (Fsp3) is 0.172. The number of aryl methyl sites for hydroxylation is 1. The van der Waals surface area contributed by atoms with E-state index in [-0.39, 0.29) is 5.82 Å². The predicted molar refractivity (Wildman–Crippen MR) is 149 cm³/mol. The van der Waals surface area contributed by atoms with Crippen molar-refractivity contribution in [2.24, 2.45) is 0 Å². The molecule has 0 radical (unpaired) electrons. The second-order valence-electron chi connectivity index (χ2n) is 9.28. The van der Waals surface area contributed by atoms with Crippen LogP contribution >= 0.6 is 0 Å². The van der Waals surface area contributed by atoms with Crippen molar-refractivity contribution in [1.29, 1.82) is 5.26 Å². The van der Waals surface area contributed by atoms with Crippen LogP contribution in [0.4, 0.5) is 21.6 Å². The molecule has 9 nitrogen and oxygen atoms in total. The number of aromatic nitrogens is 5. The van der Waals surface area contributed by atoms with Gasteiger partial charge in [-0.1, -0.05) is 11.6 Å². The number of nitrogens with zero attached hydrogens (tertiary/aromatic N) is 5. The number of fused-ring (bicyclic) bond motifs is 1. The standard InChI is InChI=1S/C17H14FN7.C12H13NO/c1-19-13-7-10(4-5-12(13)18)25-16-11(3-2-6-20-16)14-15-17(23-8-21-14)24-9-22-15;1-9-4-10(7-14)6-11(5-9)12(2,3)8-13/h2-9,19H,1H3,(H,20,25)(H,21,22,23,24);4-7H,1-3H3. The van der Waals surface area contributed by atoms with Gasteiger partial charge in [0.25, 0.3) is 0 Å². The molecule has 0 aliphatic heterocycles. The first-order valence-electron chi connectivity index (χ1n) is 12.1. The first kappa shape index (κ1) is 26.9. The molecule has 5 rings (SSSR count). The SMILES string of the molecule is CNc1cc(Nc2ncccc2-c2ncnc3nc[nH]c23)ccc1F.Cc1cc(C=O)cc(C(C)(C)C#N)c1. The van der Waals surface area contributed by atoms with Crippen molar-refractivity contribution in [1.82, 2.24) is 24.9 Å². The number of nitriles is 1. The molecule has 0 spiro atoms. The number of halogens is 1. The second kappa shape index (κ2) is 11.5. The molecule has 0 amide bonds. The molecule has 196 valence electrons. The summed E-state index contributed by atoms with van der Waals surface area (Å²) in [4.78, 5) is 30.7. The van der Waals surface area contributed by atoms with Gasteiger partial charge in [-0.2, -0.15) is 5.26 Å². The maximum absolute atomic E-state index is 13.7. The molecule has 3 heterocycles. The Labute approximate surface area is 225 Å². The van der Waals surface area contributed by atoms with Crippen LogP contribution in [0.15, 0.2) is 67.4 Å². The first-order valence-corrected chi connectivity index (χ1v) is 12.1. The number of rotatable bonds is 6. The predicted octanol–water partition coefficient (Wildman–Crippen LogP) is 5.95. The third-order valence-electron chi connectivity index (χ3n) is 6.02. The van der Waals surface area contributed by atoms with Crippen molar-refractivity contribution in [3.8, 4) is 17.3 Å². The first-order chi connectivity index (χ1) is 18.7. The van der Waals surface area contributed by atoms with Crippen molar-refractivity contribution < 1.29 is 9.18 Å². The van der Waals surface area contributed by atoms with Crippen LogP contribution in [0.25, 0.3) is 22.4 Å². The van der Waals surface area contributed by atoms with Crippen molar-refractivity contribution in [2.75, 3.05) is 17.7 Å². The van der Waals surface area contributed by atoms with Crippen molar-refractivity contribution in [3.63, 3.8) is 0 Å². The molecule has 0 aliphatic carbocycles. The number of carbonyl (C=O) groups is 1. The third kappa shape index (κ3) is 6.05. The lowest BCUT2D eigenvalue weighted by molar-refractivity contribution is 0.112. The lowest BCUT2D eigenvalue weighted by atomic mass is 9.85. The van der Waals surface area contributed by atoms with Crippen molar-refractivity contribution in [3.05, 3.63) is 89.9 Å². The molecule has 0 aliphatic rings. The molecule has 0 saturated carbocycles. The Hall–Kier alpha value is -5.17. The summed E-state index contributed by atoms with van der Waals surface area (Å²) in [5.74, 6) is 0.287. The summed E-state index contributed by atoms with van der Waals surface area (Å²) in [6.45, 7) is 5.61. The quantitative estimate of drug-likeness (QED) is 0.233. The molecular formula is C29H27FN8O. The van der Waals surface area contributed by atoms with Gasteiger partial charge >= 0.3 is 0 Å². The van der Waals surface area contributed by atoms with Crippen LogP contribution in [0.1, 0.15) is 35.3 Å². The van der Waals surface area contributed by atoms with Gasteiger partial charge in [0.2, 0.25) is 0 Å². The van der Waals surface area contributed by atoms with Crippen molar-refractivity contribution >= 4 is 34.6 Å². The molecule has 3 N–H and O–H groups in total. The maximum Gasteiger partial charge on any atom is 0.181 e. The number of anilines is 3. The van der Waals surface area contributed by atoms with Gasteiger partial charge in [-0.15, -0.1) is 0 Å². The van der Waals surface area contributed by atoms with Gasteiger partial charge in [0.05, 0.1) is 23.5 Å². The van der Waals surface area contributed by atoms with Crippen LogP contribution in [-0.4, -0.2) is 38.3 Å². The van der Waals surface area contributed by atoms with E-state index >= 15 is 0 Å². The molecule has 39 heavy (non-hydrogen) atoms. The van der Waals surface area contributed by atoms with E-state index in [1.807, 2.05) is 45.0 Å². The van der Waals surface area contributed by atoms with Gasteiger partial charge in [0.15, 0.2) is 5.65 Å². The Balaban J connectivity index is 0.000000215. The molecule has 0 bridgehead atoms. The number of carbonyl (C=O) groups excluding carboxylic acids is 1. The number of hydrogen-bond acceptors (Lipinski definition) is 8. The number of pyridine rings is 1. The van der Waals surface area contributed by atoms with Gasteiger partial charge < -0.3 is 15.6 Å². The number of imidazole rings is 1. The third-order valence-corrected chi connectivity index (χ3v) is 6.02. The Morgan fingerprint density at radius 2 is 1.90 bits per heavy atom. The van der Waals surface area contributed by atoms with Crippen LogP contribution < -0.4 is 10.6 Å². The highest BCUT2D eigenvalue weighted by Crippen LogP contribution is 2.31. The molecule has 0 atom stereocenters. The molecule has 5 aromatic rings. The number of nitrogens with one attached hydrogen (secondary N) is 3. The molecule has 2 aromatic carbocycles. The molecule has 3 aromatic heterocycles. The van der Waals surface area contributed by atoms with Crippen molar-refractivity contribution in [2.45, 2.75) is 26.2 Å². The van der Waals surface area contributed by atoms with E-state index in [1.54, 1.807) is 37.8 Å². The summed E-state index contributed by atoms with van der Waals surface area (Å²) in [6, 6.07) is 16.2. The summed E-state index contributed by atoms with van der Waals surface area (Å²) in [5, 5.41) is 15.0. The zero-order chi connectivity index (χ0) is 28.0. The molecule has 10 heteroatoms. The van der Waals surface area contributed by atoms with E-state index in [0.29, 0.717) is 34.1 Å².